The van der Waals surface area contributed by atoms with Crippen LogP contribution in [-0.2, 0) is 14.8 Å². The minimum atomic E-state index is -4.03. The summed E-state index contributed by atoms with van der Waals surface area (Å²) in [6.45, 7) is 3.33. The number of nitrogens with zero attached hydrogens (tertiary/aromatic N) is 1. The molecule has 0 bridgehead atoms. The third kappa shape index (κ3) is 4.75. The maximum atomic E-state index is 13.0. The molecule has 2 aromatic carbocycles. The number of nitrogens with two attached hydrogens (primary N) is 1. The summed E-state index contributed by atoms with van der Waals surface area (Å²) in [6.07, 6.45) is 1.57. The molecule has 9 heteroatoms. The number of halogens is 1. The van der Waals surface area contributed by atoms with Crippen molar-refractivity contribution in [2.45, 2.75) is 4.90 Å². The molecule has 2 rings (SSSR count). The van der Waals surface area contributed by atoms with Gasteiger partial charge in [0.25, 0.3) is 15.9 Å². The zero-order chi connectivity index (χ0) is 19.2. The number of carbonyl (C=O) groups excluding carboxylic acids is 1. The van der Waals surface area contributed by atoms with Gasteiger partial charge in [-0.3, -0.25) is 14.5 Å². The van der Waals surface area contributed by atoms with Crippen molar-refractivity contribution in [1.82, 2.24) is 5.43 Å². The third-order valence-electron chi connectivity index (χ3n) is 3.32. The predicted molar refractivity (Wildman–Crippen MR) is 100 cm³/mol. The Hall–Kier alpha value is -2.55. The summed E-state index contributed by atoms with van der Waals surface area (Å²) in [5.41, 5.74) is 2.19. The van der Waals surface area contributed by atoms with Crippen LogP contribution in [0, 0.1) is 0 Å². The second-order valence-corrected chi connectivity index (χ2v) is 7.43. The highest BCUT2D eigenvalue weighted by Crippen LogP contribution is 2.27. The van der Waals surface area contributed by atoms with Gasteiger partial charge in [0.15, 0.2) is 0 Å². The van der Waals surface area contributed by atoms with Crippen molar-refractivity contribution in [3.05, 3.63) is 66.2 Å². The minimum Gasteiger partial charge on any atom is -0.489 e. The number of nitrogens with one attached hydrogen (secondary N) is 1. The number of amides is 1. The van der Waals surface area contributed by atoms with Crippen molar-refractivity contribution >= 4 is 33.2 Å². The number of hydrogen-bond donors (Lipinski definition) is 2. The van der Waals surface area contributed by atoms with Crippen molar-refractivity contribution in [2.75, 3.05) is 17.5 Å². The van der Waals surface area contributed by atoms with Gasteiger partial charge in [-0.15, -0.1) is 0 Å². The minimum absolute atomic E-state index is 0.0101. The highest BCUT2D eigenvalue weighted by Gasteiger charge is 2.27. The van der Waals surface area contributed by atoms with Gasteiger partial charge in [0.2, 0.25) is 0 Å². The predicted octanol–water partition coefficient (Wildman–Crippen LogP) is 2.09. The lowest BCUT2D eigenvalue weighted by molar-refractivity contribution is -0.119. The molecule has 138 valence electrons. The molecule has 0 radical (unpaired) electrons. The number of hydrazine groups is 1. The van der Waals surface area contributed by atoms with Crippen LogP contribution < -0.4 is 20.3 Å². The summed E-state index contributed by atoms with van der Waals surface area (Å²) < 4.78 is 32.4. The van der Waals surface area contributed by atoms with Gasteiger partial charge < -0.3 is 4.74 Å². The number of hydrogen-bond acceptors (Lipinski definition) is 5. The van der Waals surface area contributed by atoms with Gasteiger partial charge >= 0.3 is 0 Å². The molecule has 2 aromatic rings. The Morgan fingerprint density at radius 2 is 1.96 bits per heavy atom. The lowest BCUT2D eigenvalue weighted by atomic mass is 10.3. The molecular formula is C17H18ClN3O4S. The van der Waals surface area contributed by atoms with Crippen LogP contribution in [0.2, 0.25) is 5.02 Å². The Bertz CT molecular complexity index is 885. The molecule has 0 aliphatic carbocycles. The van der Waals surface area contributed by atoms with Gasteiger partial charge in [0.05, 0.1) is 10.6 Å². The Morgan fingerprint density at radius 3 is 2.58 bits per heavy atom. The topological polar surface area (TPSA) is 102 Å². The van der Waals surface area contributed by atoms with E-state index in [1.54, 1.807) is 24.3 Å². The molecule has 0 saturated heterocycles. The van der Waals surface area contributed by atoms with Crippen LogP contribution >= 0.6 is 11.6 Å². The zero-order valence-corrected chi connectivity index (χ0v) is 15.3. The van der Waals surface area contributed by atoms with Gasteiger partial charge in [0.1, 0.15) is 18.9 Å². The molecule has 0 unspecified atom stereocenters. The average molecular weight is 396 g/mol. The lowest BCUT2D eigenvalue weighted by Gasteiger charge is -2.24. The molecule has 0 saturated carbocycles. The maximum Gasteiger partial charge on any atom is 0.264 e. The van der Waals surface area contributed by atoms with E-state index >= 15 is 0 Å². The monoisotopic (exact) mass is 395 g/mol. The normalized spacial score (nSPS) is 10.8. The largest absolute Gasteiger partial charge is 0.489 e. The van der Waals surface area contributed by atoms with E-state index in [1.807, 2.05) is 5.43 Å². The van der Waals surface area contributed by atoms with Gasteiger partial charge in [-0.25, -0.2) is 14.3 Å². The fourth-order valence-corrected chi connectivity index (χ4v) is 3.65. The van der Waals surface area contributed by atoms with E-state index in [9.17, 15) is 13.2 Å². The molecule has 0 atom stereocenters. The number of benzene rings is 2. The van der Waals surface area contributed by atoms with Crippen molar-refractivity contribution in [3.8, 4) is 5.75 Å². The van der Waals surface area contributed by atoms with Gasteiger partial charge in [0, 0.05) is 11.1 Å². The molecule has 0 aromatic heterocycles. The molecule has 0 spiro atoms. The summed E-state index contributed by atoms with van der Waals surface area (Å²) >= 11 is 5.82. The van der Waals surface area contributed by atoms with E-state index in [0.717, 1.165) is 4.31 Å². The summed E-state index contributed by atoms with van der Waals surface area (Å²) in [5.74, 6) is 4.89. The van der Waals surface area contributed by atoms with Crippen molar-refractivity contribution in [1.29, 1.82) is 0 Å². The van der Waals surface area contributed by atoms with Crippen molar-refractivity contribution in [2.24, 2.45) is 5.84 Å². The number of rotatable bonds is 8. The summed E-state index contributed by atoms with van der Waals surface area (Å²) in [6, 6.07) is 12.0. The molecule has 0 fully saturated rings. The van der Waals surface area contributed by atoms with Crippen LogP contribution in [0.15, 0.2) is 66.1 Å². The first-order chi connectivity index (χ1) is 12.4. The number of anilines is 1. The average Bonchev–Trinajstić information content (AvgIpc) is 2.64. The standard InChI is InChI=1S/C17H18ClN3O4S/c1-2-10-25-15-5-3-4-14(11-15)21(12-17(22)20-19)26(23,24)16-8-6-13(18)7-9-16/h2-9,11H,1,10,12,19H2,(H,20,22). The number of carbonyl (C=O) groups is 1. The smallest absolute Gasteiger partial charge is 0.264 e. The zero-order valence-electron chi connectivity index (χ0n) is 13.8. The lowest BCUT2D eigenvalue weighted by Crippen LogP contribution is -2.43. The van der Waals surface area contributed by atoms with E-state index < -0.39 is 22.5 Å². The maximum absolute atomic E-state index is 13.0. The van der Waals surface area contributed by atoms with Crippen LogP contribution in [0.25, 0.3) is 0 Å². The second-order valence-electron chi connectivity index (χ2n) is 5.13. The van der Waals surface area contributed by atoms with Crippen molar-refractivity contribution < 1.29 is 17.9 Å². The molecule has 3 N–H and O–H groups in total. The Balaban J connectivity index is 2.47. The summed E-state index contributed by atoms with van der Waals surface area (Å²) in [4.78, 5) is 11.8. The molecule has 0 heterocycles. The number of ether oxygens (including phenoxy) is 1. The SMILES string of the molecule is C=CCOc1cccc(N(CC(=O)NN)S(=O)(=O)c2ccc(Cl)cc2)c1. The third-order valence-corrected chi connectivity index (χ3v) is 5.36. The molecule has 7 nitrogen and oxygen atoms in total. The Kier molecular flexibility index (Phi) is 6.62. The van der Waals surface area contributed by atoms with Gasteiger partial charge in [-0.05, 0) is 36.4 Å². The Labute approximate surface area is 157 Å². The highest BCUT2D eigenvalue weighted by molar-refractivity contribution is 7.92. The second kappa shape index (κ2) is 8.70. The van der Waals surface area contributed by atoms with E-state index in [4.69, 9.17) is 22.2 Å². The van der Waals surface area contributed by atoms with Crippen LogP contribution in [0.4, 0.5) is 5.69 Å². The highest BCUT2D eigenvalue weighted by atomic mass is 35.5. The van der Waals surface area contributed by atoms with E-state index in [0.29, 0.717) is 10.8 Å². The van der Waals surface area contributed by atoms with Crippen LogP contribution in [0.1, 0.15) is 0 Å². The summed E-state index contributed by atoms with van der Waals surface area (Å²) in [7, 11) is -4.03. The Morgan fingerprint density at radius 1 is 1.27 bits per heavy atom. The van der Waals surface area contributed by atoms with Crippen molar-refractivity contribution in [3.63, 3.8) is 0 Å². The molecule has 1 amide bonds. The van der Waals surface area contributed by atoms with Gasteiger partial charge in [-0.1, -0.05) is 30.3 Å². The molecule has 0 aliphatic rings. The van der Waals surface area contributed by atoms with Gasteiger partial charge in [-0.2, -0.15) is 0 Å². The van der Waals surface area contributed by atoms with Crippen LogP contribution in [-0.4, -0.2) is 27.5 Å². The molecule has 0 aliphatic heterocycles. The molecular weight excluding hydrogens is 378 g/mol. The first kappa shape index (κ1) is 19.8. The molecule has 26 heavy (non-hydrogen) atoms. The summed E-state index contributed by atoms with van der Waals surface area (Å²) in [5, 5.41) is 0.398. The quantitative estimate of drug-likeness (QED) is 0.308. The van der Waals surface area contributed by atoms with Crippen LogP contribution in [0.5, 0.6) is 5.75 Å². The fourth-order valence-electron chi connectivity index (χ4n) is 2.11. The van der Waals surface area contributed by atoms with Crippen LogP contribution in [0.3, 0.4) is 0 Å². The van der Waals surface area contributed by atoms with E-state index in [-0.39, 0.29) is 17.2 Å². The van der Waals surface area contributed by atoms with E-state index in [2.05, 4.69) is 6.58 Å². The van der Waals surface area contributed by atoms with E-state index in [1.165, 1.54) is 30.3 Å². The first-order valence-corrected chi connectivity index (χ1v) is 9.32. The number of sulfonamides is 1. The first-order valence-electron chi connectivity index (χ1n) is 7.50. The fraction of sp³-hybridized carbons (Fsp3) is 0.118.